The molecule has 1 aliphatic rings. The molecule has 0 spiro atoms. The van der Waals surface area contributed by atoms with Crippen molar-refractivity contribution in [1.29, 1.82) is 0 Å². The Kier molecular flexibility index (Phi) is 5.40. The molecule has 1 aliphatic carbocycles. The molecule has 0 radical (unpaired) electrons. The van der Waals surface area contributed by atoms with E-state index in [-0.39, 0.29) is 16.3 Å². The first-order valence-corrected chi connectivity index (χ1v) is 9.18. The van der Waals surface area contributed by atoms with Gasteiger partial charge in [0.05, 0.1) is 10.2 Å². The Balaban J connectivity index is 1.66. The molecular weight excluding hydrogens is 415 g/mol. The molecule has 1 N–H and O–H groups in total. The van der Waals surface area contributed by atoms with E-state index in [1.807, 2.05) is 12.3 Å². The molecule has 1 unspecified atom stereocenters. The van der Waals surface area contributed by atoms with E-state index >= 15 is 0 Å². The number of hydrogen-bond donors (Lipinski definition) is 1. The molecule has 0 bridgehead atoms. The van der Waals surface area contributed by atoms with Crippen molar-refractivity contribution < 1.29 is 18.0 Å². The molecule has 1 saturated carbocycles. The molecule has 1 fully saturated rings. The monoisotopic (exact) mass is 433 g/mol. The second-order valence-corrected chi connectivity index (χ2v) is 7.15. The molecule has 2 aromatic heterocycles. The second-order valence-electron chi connectivity index (χ2n) is 6.35. The third kappa shape index (κ3) is 4.11. The van der Waals surface area contributed by atoms with E-state index < -0.39 is 17.9 Å². The summed E-state index contributed by atoms with van der Waals surface area (Å²) in [5.74, 6) is -0.334. The van der Waals surface area contributed by atoms with E-state index in [0.29, 0.717) is 25.2 Å². The number of carbonyl (C=O) groups is 1. The van der Waals surface area contributed by atoms with Crippen LogP contribution < -0.4 is 5.32 Å². The Bertz CT molecular complexity index is 768. The molecule has 2 aromatic rings. The van der Waals surface area contributed by atoms with Crippen LogP contribution in [0, 0.1) is 0 Å². The standard InChI is InChI=1S/C16H19BrF3N5O/c1-10(15(26)21-6-2-8-24-9-3-7-22-24)25-13(11-4-5-11)12(17)14(23-25)16(18,19)20/h3,7,9-11H,2,4-6,8H2,1H3,(H,21,26). The van der Waals surface area contributed by atoms with Crippen LogP contribution >= 0.6 is 15.9 Å². The van der Waals surface area contributed by atoms with Gasteiger partial charge in [-0.05, 0) is 48.2 Å². The molecule has 1 atom stereocenters. The van der Waals surface area contributed by atoms with Gasteiger partial charge in [-0.15, -0.1) is 0 Å². The molecule has 6 nitrogen and oxygen atoms in total. The van der Waals surface area contributed by atoms with E-state index in [0.717, 1.165) is 12.8 Å². The summed E-state index contributed by atoms with van der Waals surface area (Å²) in [6.45, 7) is 2.63. The first-order valence-electron chi connectivity index (χ1n) is 8.39. The Labute approximate surface area is 156 Å². The summed E-state index contributed by atoms with van der Waals surface area (Å²) in [6, 6.07) is 0.996. The van der Waals surface area contributed by atoms with Crippen molar-refractivity contribution in [1.82, 2.24) is 24.9 Å². The van der Waals surface area contributed by atoms with E-state index in [9.17, 15) is 18.0 Å². The van der Waals surface area contributed by atoms with Gasteiger partial charge in [0, 0.05) is 31.4 Å². The minimum Gasteiger partial charge on any atom is -0.354 e. The highest BCUT2D eigenvalue weighted by Gasteiger charge is 2.42. The first kappa shape index (κ1) is 18.9. The van der Waals surface area contributed by atoms with Crippen LogP contribution in [0.1, 0.15) is 49.5 Å². The number of halogens is 4. The number of aromatic nitrogens is 4. The molecular formula is C16H19BrF3N5O. The Morgan fingerprint density at radius 2 is 2.19 bits per heavy atom. The van der Waals surface area contributed by atoms with Gasteiger partial charge in [0.2, 0.25) is 5.91 Å². The van der Waals surface area contributed by atoms with Gasteiger partial charge < -0.3 is 5.32 Å². The van der Waals surface area contributed by atoms with Gasteiger partial charge >= 0.3 is 6.18 Å². The number of nitrogens with zero attached hydrogens (tertiary/aromatic N) is 4. The van der Waals surface area contributed by atoms with Crippen molar-refractivity contribution in [2.24, 2.45) is 0 Å². The SMILES string of the molecule is CC(C(=O)NCCCn1cccn1)n1nc(C(F)(F)F)c(Br)c1C1CC1. The zero-order chi connectivity index (χ0) is 18.9. The van der Waals surface area contributed by atoms with Crippen LogP contribution in [0.5, 0.6) is 0 Å². The summed E-state index contributed by atoms with van der Waals surface area (Å²) in [4.78, 5) is 12.4. The lowest BCUT2D eigenvalue weighted by atomic mass is 10.2. The Morgan fingerprint density at radius 3 is 2.77 bits per heavy atom. The lowest BCUT2D eigenvalue weighted by Gasteiger charge is -2.16. The van der Waals surface area contributed by atoms with Crippen LogP contribution in [0.2, 0.25) is 0 Å². The third-order valence-electron chi connectivity index (χ3n) is 4.29. The minimum atomic E-state index is -4.56. The van der Waals surface area contributed by atoms with Gasteiger partial charge in [-0.25, -0.2) is 0 Å². The first-order chi connectivity index (χ1) is 12.3. The fourth-order valence-corrected chi connectivity index (χ4v) is 3.58. The van der Waals surface area contributed by atoms with Gasteiger partial charge in [-0.3, -0.25) is 14.2 Å². The summed E-state index contributed by atoms with van der Waals surface area (Å²) < 4.78 is 42.4. The smallest absolute Gasteiger partial charge is 0.354 e. The van der Waals surface area contributed by atoms with E-state index in [1.165, 1.54) is 4.68 Å². The van der Waals surface area contributed by atoms with Crippen molar-refractivity contribution in [2.45, 2.75) is 50.9 Å². The van der Waals surface area contributed by atoms with E-state index in [2.05, 4.69) is 31.4 Å². The molecule has 1 amide bonds. The lowest BCUT2D eigenvalue weighted by Crippen LogP contribution is -2.33. The number of hydrogen-bond acceptors (Lipinski definition) is 3. The minimum absolute atomic E-state index is 0.0167. The molecule has 0 saturated heterocycles. The highest BCUT2D eigenvalue weighted by molar-refractivity contribution is 9.10. The number of nitrogens with one attached hydrogen (secondary N) is 1. The second kappa shape index (κ2) is 7.42. The van der Waals surface area contributed by atoms with Crippen molar-refractivity contribution in [3.63, 3.8) is 0 Å². The molecule has 142 valence electrons. The van der Waals surface area contributed by atoms with Crippen molar-refractivity contribution >= 4 is 21.8 Å². The summed E-state index contributed by atoms with van der Waals surface area (Å²) in [6.07, 6.45) is 1.22. The number of carbonyl (C=O) groups excluding carboxylic acids is 1. The summed E-state index contributed by atoms with van der Waals surface area (Å²) in [5.41, 5.74) is -0.519. The third-order valence-corrected chi connectivity index (χ3v) is 5.07. The summed E-state index contributed by atoms with van der Waals surface area (Å²) in [7, 11) is 0. The highest BCUT2D eigenvalue weighted by Crippen LogP contribution is 2.47. The Hall–Kier alpha value is -1.84. The predicted molar refractivity (Wildman–Crippen MR) is 91.5 cm³/mol. The van der Waals surface area contributed by atoms with Crippen molar-refractivity contribution in [3.05, 3.63) is 34.3 Å². The van der Waals surface area contributed by atoms with E-state index in [4.69, 9.17) is 0 Å². The van der Waals surface area contributed by atoms with Crippen LogP contribution in [-0.2, 0) is 17.5 Å². The molecule has 2 heterocycles. The fourth-order valence-electron chi connectivity index (χ4n) is 2.77. The van der Waals surface area contributed by atoms with Crippen molar-refractivity contribution in [2.75, 3.05) is 6.54 Å². The average molecular weight is 434 g/mol. The summed E-state index contributed by atoms with van der Waals surface area (Å²) in [5, 5.41) is 10.5. The topological polar surface area (TPSA) is 64.7 Å². The number of aryl methyl sites for hydroxylation is 1. The zero-order valence-electron chi connectivity index (χ0n) is 14.1. The maximum absolute atomic E-state index is 13.2. The lowest BCUT2D eigenvalue weighted by molar-refractivity contribution is -0.142. The molecule has 26 heavy (non-hydrogen) atoms. The molecule has 0 aliphatic heterocycles. The van der Waals surface area contributed by atoms with Gasteiger partial charge in [-0.2, -0.15) is 23.4 Å². The maximum Gasteiger partial charge on any atom is 0.436 e. The van der Waals surface area contributed by atoms with Crippen molar-refractivity contribution in [3.8, 4) is 0 Å². The molecule has 10 heteroatoms. The number of amides is 1. The average Bonchev–Trinajstić information content (AvgIpc) is 3.14. The van der Waals surface area contributed by atoms with Gasteiger partial charge in [0.1, 0.15) is 6.04 Å². The van der Waals surface area contributed by atoms with Crippen LogP contribution in [0.15, 0.2) is 22.9 Å². The normalized spacial score (nSPS) is 15.9. The van der Waals surface area contributed by atoms with Crippen LogP contribution in [0.25, 0.3) is 0 Å². The van der Waals surface area contributed by atoms with Crippen LogP contribution in [0.3, 0.4) is 0 Å². The quantitative estimate of drug-likeness (QED) is 0.679. The Morgan fingerprint density at radius 1 is 1.46 bits per heavy atom. The maximum atomic E-state index is 13.2. The molecule has 0 aromatic carbocycles. The summed E-state index contributed by atoms with van der Waals surface area (Å²) >= 11 is 3.04. The van der Waals surface area contributed by atoms with Crippen LogP contribution in [0.4, 0.5) is 13.2 Å². The zero-order valence-corrected chi connectivity index (χ0v) is 15.7. The molecule has 3 rings (SSSR count). The van der Waals surface area contributed by atoms with Gasteiger partial charge in [0.25, 0.3) is 0 Å². The number of alkyl halides is 3. The largest absolute Gasteiger partial charge is 0.436 e. The number of rotatable bonds is 7. The predicted octanol–water partition coefficient (Wildman–Crippen LogP) is 3.51. The fraction of sp³-hybridized carbons (Fsp3) is 0.562. The highest BCUT2D eigenvalue weighted by atomic mass is 79.9. The van der Waals surface area contributed by atoms with Gasteiger partial charge in [-0.1, -0.05) is 0 Å². The van der Waals surface area contributed by atoms with E-state index in [1.54, 1.807) is 17.8 Å². The van der Waals surface area contributed by atoms with Crippen LogP contribution in [-0.4, -0.2) is 32.0 Å². The van der Waals surface area contributed by atoms with Gasteiger partial charge in [0.15, 0.2) is 5.69 Å².